The van der Waals surface area contributed by atoms with Gasteiger partial charge in [0.05, 0.1) is 6.61 Å². The number of hydrogen-bond donors (Lipinski definition) is 4. The third-order valence-corrected chi connectivity index (χ3v) is 3.74. The van der Waals surface area contributed by atoms with E-state index in [-0.39, 0.29) is 0 Å². The molecule has 2 heterocycles. The van der Waals surface area contributed by atoms with Crippen LogP contribution in [0.15, 0.2) is 21.9 Å². The Labute approximate surface area is 126 Å². The Morgan fingerprint density at radius 3 is 2.61 bits per heavy atom. The van der Waals surface area contributed by atoms with E-state index in [2.05, 4.69) is 4.52 Å². The number of nitrogens with one attached hydrogen (secondary N) is 1. The first-order valence-electron chi connectivity index (χ1n) is 6.12. The van der Waals surface area contributed by atoms with Gasteiger partial charge in [-0.3, -0.25) is 18.9 Å². The fourth-order valence-corrected chi connectivity index (χ4v) is 2.54. The maximum atomic E-state index is 14.2. The molecule has 0 spiro atoms. The minimum Gasteiger partial charge on any atom is -0.384 e. The number of aromatic nitrogens is 2. The molecule has 13 heteroatoms. The summed E-state index contributed by atoms with van der Waals surface area (Å²) in [5.74, 6) is -3.99. The Bertz CT molecular complexity index is 758. The number of rotatable bonds is 4. The topological polar surface area (TPSA) is 151 Å². The van der Waals surface area contributed by atoms with Crippen molar-refractivity contribution in [3.8, 4) is 0 Å². The molecule has 1 unspecified atom stereocenters. The molecule has 0 radical (unpaired) electrons. The molecular formula is C10H13F2N2O8P. The van der Waals surface area contributed by atoms with Gasteiger partial charge in [0.2, 0.25) is 6.23 Å². The molecule has 0 amide bonds. The van der Waals surface area contributed by atoms with E-state index in [1.165, 1.54) is 0 Å². The highest BCUT2D eigenvalue weighted by atomic mass is 31.2. The van der Waals surface area contributed by atoms with Crippen LogP contribution in [0.3, 0.4) is 0 Å². The van der Waals surface area contributed by atoms with Crippen molar-refractivity contribution in [1.82, 2.24) is 9.55 Å². The number of aliphatic hydroxyl groups is 1. The molecule has 1 aromatic heterocycles. The number of H-pyrrole nitrogens is 1. The molecule has 23 heavy (non-hydrogen) atoms. The smallest absolute Gasteiger partial charge is 0.384 e. The lowest BCUT2D eigenvalue weighted by atomic mass is 9.98. The number of phosphoric ester groups is 1. The summed E-state index contributed by atoms with van der Waals surface area (Å²) in [6.45, 7) is -0.111. The van der Waals surface area contributed by atoms with Crippen molar-refractivity contribution < 1.29 is 37.5 Å². The van der Waals surface area contributed by atoms with Crippen molar-refractivity contribution in [1.29, 1.82) is 0 Å². The van der Waals surface area contributed by atoms with Gasteiger partial charge in [-0.25, -0.2) is 9.36 Å². The third kappa shape index (κ3) is 3.42. The summed E-state index contributed by atoms with van der Waals surface area (Å²) in [5, 5.41) is 9.75. The quantitative estimate of drug-likeness (QED) is 0.497. The van der Waals surface area contributed by atoms with Gasteiger partial charge in [0, 0.05) is 12.3 Å². The molecule has 0 saturated carbocycles. The van der Waals surface area contributed by atoms with Gasteiger partial charge in [-0.1, -0.05) is 0 Å². The summed E-state index contributed by atoms with van der Waals surface area (Å²) >= 11 is 0. The standard InChI is InChI=1S/C10H13F2N2O8P/c1-9(4-21-23(18,19)20)6(16)10(11,12)7(22-9)14-3-2-5(15)13-8(14)17/h2-3,6-7,16H,4H2,1H3,(H,13,15,17)(H2,18,19,20)/t6-,7?,9-/m1/s1. The highest BCUT2D eigenvalue weighted by molar-refractivity contribution is 7.46. The summed E-state index contributed by atoms with van der Waals surface area (Å²) < 4.78 is 48.5. The molecule has 1 aliphatic rings. The van der Waals surface area contributed by atoms with E-state index in [4.69, 9.17) is 14.5 Å². The zero-order chi connectivity index (χ0) is 17.6. The van der Waals surface area contributed by atoms with Gasteiger partial charge >= 0.3 is 19.4 Å². The number of aromatic amines is 1. The zero-order valence-corrected chi connectivity index (χ0v) is 12.4. The van der Waals surface area contributed by atoms with Crippen LogP contribution < -0.4 is 11.2 Å². The summed E-state index contributed by atoms with van der Waals surface area (Å²) in [5.41, 5.74) is -4.22. The third-order valence-electron chi connectivity index (χ3n) is 3.28. The van der Waals surface area contributed by atoms with Crippen LogP contribution in [0.25, 0.3) is 0 Å². The molecule has 1 saturated heterocycles. The first-order chi connectivity index (χ1) is 10.4. The number of nitrogens with zero attached hydrogens (tertiary/aromatic N) is 1. The van der Waals surface area contributed by atoms with Crippen LogP contribution in [0.1, 0.15) is 13.2 Å². The molecule has 10 nitrogen and oxygen atoms in total. The van der Waals surface area contributed by atoms with E-state index in [9.17, 15) is 28.0 Å². The van der Waals surface area contributed by atoms with Crippen LogP contribution in [-0.2, 0) is 13.8 Å². The Balaban J connectivity index is 2.38. The lowest BCUT2D eigenvalue weighted by molar-refractivity contribution is -0.143. The lowest BCUT2D eigenvalue weighted by Gasteiger charge is -2.26. The fourth-order valence-electron chi connectivity index (χ4n) is 2.12. The SMILES string of the molecule is C[C@]1(COP(=O)(O)O)OC(n2ccc(=O)[nH]c2=O)C(F)(F)[C@@H]1O. The van der Waals surface area contributed by atoms with Crippen molar-refractivity contribution in [2.24, 2.45) is 0 Å². The Morgan fingerprint density at radius 2 is 2.09 bits per heavy atom. The molecule has 0 bridgehead atoms. The van der Waals surface area contributed by atoms with Crippen LogP contribution >= 0.6 is 7.82 Å². The highest BCUT2D eigenvalue weighted by Crippen LogP contribution is 2.49. The maximum Gasteiger partial charge on any atom is 0.469 e. The molecule has 130 valence electrons. The summed E-state index contributed by atoms with van der Waals surface area (Å²) in [6.07, 6.45) is -4.07. The van der Waals surface area contributed by atoms with E-state index in [1.807, 2.05) is 0 Å². The van der Waals surface area contributed by atoms with Gasteiger partial charge < -0.3 is 19.6 Å². The van der Waals surface area contributed by atoms with E-state index in [0.717, 1.165) is 19.2 Å². The minimum atomic E-state index is -4.99. The normalized spacial score (nSPS) is 30.5. The van der Waals surface area contributed by atoms with E-state index in [1.54, 1.807) is 4.98 Å². The molecule has 0 aliphatic carbocycles. The number of halogens is 2. The van der Waals surface area contributed by atoms with Crippen LogP contribution in [0.2, 0.25) is 0 Å². The summed E-state index contributed by atoms with van der Waals surface area (Å²) in [6, 6.07) is 0.801. The van der Waals surface area contributed by atoms with Crippen molar-refractivity contribution in [3.63, 3.8) is 0 Å². The number of alkyl halides is 2. The first-order valence-corrected chi connectivity index (χ1v) is 7.65. The first kappa shape index (κ1) is 17.9. The number of aliphatic hydroxyl groups excluding tert-OH is 1. The summed E-state index contributed by atoms with van der Waals surface area (Å²) in [4.78, 5) is 41.6. The molecule has 1 aliphatic heterocycles. The Kier molecular flexibility index (Phi) is 4.35. The van der Waals surface area contributed by atoms with Crippen molar-refractivity contribution in [2.75, 3.05) is 6.61 Å². The average molecular weight is 358 g/mol. The molecule has 2 rings (SSSR count). The molecule has 0 aromatic carbocycles. The second-order valence-corrected chi connectivity index (χ2v) is 6.38. The average Bonchev–Trinajstić information content (AvgIpc) is 2.58. The van der Waals surface area contributed by atoms with E-state index < -0.39 is 49.5 Å². The highest BCUT2D eigenvalue weighted by Gasteiger charge is 2.65. The van der Waals surface area contributed by atoms with Gasteiger partial charge in [0.15, 0.2) is 6.10 Å². The Hall–Kier alpha value is -1.43. The lowest BCUT2D eigenvalue weighted by Crippen LogP contribution is -2.47. The maximum absolute atomic E-state index is 14.2. The molecule has 1 aromatic rings. The second kappa shape index (κ2) is 5.58. The molecule has 3 atom stereocenters. The number of hydrogen-bond acceptors (Lipinski definition) is 6. The van der Waals surface area contributed by atoms with Gasteiger partial charge in [-0.15, -0.1) is 0 Å². The van der Waals surface area contributed by atoms with Gasteiger partial charge in [-0.2, -0.15) is 8.78 Å². The van der Waals surface area contributed by atoms with Gasteiger partial charge in [-0.05, 0) is 6.92 Å². The fraction of sp³-hybridized carbons (Fsp3) is 0.600. The van der Waals surface area contributed by atoms with Crippen molar-refractivity contribution in [2.45, 2.75) is 30.8 Å². The number of phosphoric acid groups is 1. The molecule has 4 N–H and O–H groups in total. The predicted molar refractivity (Wildman–Crippen MR) is 68.8 cm³/mol. The Morgan fingerprint density at radius 1 is 1.48 bits per heavy atom. The largest absolute Gasteiger partial charge is 0.469 e. The predicted octanol–water partition coefficient (Wildman–Crippen LogP) is -1.07. The van der Waals surface area contributed by atoms with E-state index in [0.29, 0.717) is 4.57 Å². The molecular weight excluding hydrogens is 345 g/mol. The second-order valence-electron chi connectivity index (χ2n) is 5.14. The van der Waals surface area contributed by atoms with Crippen LogP contribution in [-0.4, -0.2) is 48.7 Å². The van der Waals surface area contributed by atoms with Gasteiger partial charge in [0.25, 0.3) is 5.56 Å². The molecule has 1 fully saturated rings. The number of ether oxygens (including phenoxy) is 1. The van der Waals surface area contributed by atoms with Crippen molar-refractivity contribution >= 4 is 7.82 Å². The zero-order valence-electron chi connectivity index (χ0n) is 11.5. The van der Waals surface area contributed by atoms with Crippen LogP contribution in [0, 0.1) is 0 Å². The summed E-state index contributed by atoms with van der Waals surface area (Å²) in [7, 11) is -4.99. The van der Waals surface area contributed by atoms with Crippen LogP contribution in [0.5, 0.6) is 0 Å². The van der Waals surface area contributed by atoms with E-state index >= 15 is 0 Å². The van der Waals surface area contributed by atoms with Crippen molar-refractivity contribution in [3.05, 3.63) is 33.1 Å². The minimum absolute atomic E-state index is 0.355. The van der Waals surface area contributed by atoms with Gasteiger partial charge in [0.1, 0.15) is 5.60 Å². The monoisotopic (exact) mass is 358 g/mol. The van der Waals surface area contributed by atoms with Crippen LogP contribution in [0.4, 0.5) is 8.78 Å².